The van der Waals surface area contributed by atoms with E-state index >= 15 is 0 Å². The van der Waals surface area contributed by atoms with Crippen molar-refractivity contribution < 1.29 is 19.2 Å². The van der Waals surface area contributed by atoms with E-state index < -0.39 is 0 Å². The fraction of sp³-hybridized carbons (Fsp3) is 0.286. The molecule has 7 nitrogen and oxygen atoms in total. The van der Waals surface area contributed by atoms with Crippen molar-refractivity contribution in [1.29, 1.82) is 0 Å². The Balaban J connectivity index is 2.33. The lowest BCUT2D eigenvalue weighted by Gasteiger charge is -2.14. The van der Waals surface area contributed by atoms with Crippen molar-refractivity contribution in [3.05, 3.63) is 58.7 Å². The molecular weight excluding hydrogens is 389 g/mol. The molecule has 2 aromatic carbocycles. The zero-order valence-electron chi connectivity index (χ0n) is 17.3. The highest BCUT2D eigenvalue weighted by atomic mass is 31.0. The van der Waals surface area contributed by atoms with Crippen molar-refractivity contribution >= 4 is 31.9 Å². The van der Waals surface area contributed by atoms with Crippen LogP contribution in [0.2, 0.25) is 0 Å². The summed E-state index contributed by atoms with van der Waals surface area (Å²) in [5.74, 6) is 0.369. The molecule has 2 aromatic rings. The predicted molar refractivity (Wildman–Crippen MR) is 118 cm³/mol. The number of carbonyl (C=O) groups excluding carboxylic acids is 1. The maximum Gasteiger partial charge on any atom is 0.273 e. The molecule has 29 heavy (non-hydrogen) atoms. The summed E-state index contributed by atoms with van der Waals surface area (Å²) in [6.45, 7) is 3.96. The van der Waals surface area contributed by atoms with E-state index in [4.69, 9.17) is 14.4 Å². The maximum absolute atomic E-state index is 12.2. The Kier molecular flexibility index (Phi) is 8.16. The molecule has 1 atom stereocenters. The number of oxime groups is 2. The van der Waals surface area contributed by atoms with Crippen molar-refractivity contribution in [2.45, 2.75) is 20.5 Å². The first-order valence-electron chi connectivity index (χ1n) is 8.96. The van der Waals surface area contributed by atoms with E-state index in [2.05, 4.69) is 24.9 Å². The van der Waals surface area contributed by atoms with Gasteiger partial charge < -0.3 is 19.7 Å². The Hall–Kier alpha value is -2.92. The second-order valence-electron chi connectivity index (χ2n) is 6.18. The number of hydrogen-bond acceptors (Lipinski definition) is 6. The highest BCUT2D eigenvalue weighted by Gasteiger charge is 2.19. The van der Waals surface area contributed by atoms with Crippen LogP contribution in [-0.2, 0) is 21.1 Å². The van der Waals surface area contributed by atoms with Crippen LogP contribution in [0.1, 0.15) is 29.2 Å². The molecule has 0 fully saturated rings. The third kappa shape index (κ3) is 5.33. The van der Waals surface area contributed by atoms with Gasteiger partial charge in [-0.25, -0.2) is 0 Å². The Morgan fingerprint density at radius 2 is 1.86 bits per heavy atom. The molecule has 0 aliphatic carbocycles. The zero-order valence-corrected chi connectivity index (χ0v) is 18.4. The number of ether oxygens (including phenoxy) is 1. The van der Waals surface area contributed by atoms with Crippen molar-refractivity contribution in [3.8, 4) is 5.75 Å². The molecule has 154 valence electrons. The predicted octanol–water partition coefficient (Wildman–Crippen LogP) is 2.54. The summed E-state index contributed by atoms with van der Waals surface area (Å²) < 4.78 is 5.42. The van der Waals surface area contributed by atoms with Gasteiger partial charge in [0, 0.05) is 23.7 Å². The first-order valence-corrected chi connectivity index (χ1v) is 9.53. The summed E-state index contributed by atoms with van der Waals surface area (Å²) in [5, 5.41) is 11.7. The maximum atomic E-state index is 12.2. The van der Waals surface area contributed by atoms with Crippen LogP contribution in [0.5, 0.6) is 5.75 Å². The van der Waals surface area contributed by atoms with Crippen LogP contribution >= 0.6 is 9.24 Å². The number of carbonyl (C=O) groups is 1. The molecule has 1 unspecified atom stereocenters. The number of nitrogens with one attached hydrogen (secondary N) is 1. The van der Waals surface area contributed by atoms with E-state index in [1.54, 1.807) is 20.2 Å². The minimum atomic E-state index is -0.347. The lowest BCUT2D eigenvalue weighted by atomic mass is 9.98. The van der Waals surface area contributed by atoms with Crippen molar-refractivity contribution in [2.75, 3.05) is 21.3 Å². The average Bonchev–Trinajstić information content (AvgIpc) is 2.72. The number of methoxy groups -OCH3 is 1. The summed E-state index contributed by atoms with van der Waals surface area (Å²) >= 11 is 0. The molecule has 0 aromatic heterocycles. The summed E-state index contributed by atoms with van der Waals surface area (Å²) in [4.78, 5) is 22.7. The number of hydrogen-bond donors (Lipinski definition) is 1. The van der Waals surface area contributed by atoms with Crippen molar-refractivity contribution in [3.63, 3.8) is 0 Å². The molecule has 0 radical (unpaired) electrons. The third-order valence-electron chi connectivity index (χ3n) is 4.34. The van der Waals surface area contributed by atoms with Gasteiger partial charge in [0.25, 0.3) is 5.91 Å². The van der Waals surface area contributed by atoms with Gasteiger partial charge in [0.15, 0.2) is 5.71 Å². The summed E-state index contributed by atoms with van der Waals surface area (Å²) in [5.41, 5.74) is 4.09. The van der Waals surface area contributed by atoms with Crippen molar-refractivity contribution in [1.82, 2.24) is 5.32 Å². The molecule has 0 spiro atoms. The Labute approximate surface area is 173 Å². The standard InChI is InChI=1S/C21H26N3O4P/c1-13-8-6-9-15(20(24-27-5)21(25)22-3)16(13)12-28-23-14(2)19-17(26-4)10-7-11-18(19)29/h6-11H,12,29H2,1-5H3,(H,22,25)/b23-14+,24-20+. The average molecular weight is 415 g/mol. The SMILES string of the molecule is CNC(=O)/C(=N/OC)c1cccc(C)c1CO/N=C(\C)c1c(P)cccc1OC. The topological polar surface area (TPSA) is 81.5 Å². The van der Waals surface area contributed by atoms with Gasteiger partial charge in [-0.15, -0.1) is 9.24 Å². The largest absolute Gasteiger partial charge is 0.496 e. The molecule has 1 N–H and O–H groups in total. The van der Waals surface area contributed by atoms with E-state index in [1.807, 2.05) is 44.2 Å². The summed E-state index contributed by atoms with van der Waals surface area (Å²) in [6, 6.07) is 11.3. The van der Waals surface area contributed by atoms with Gasteiger partial charge in [-0.05, 0) is 30.8 Å². The zero-order chi connectivity index (χ0) is 21.4. The third-order valence-corrected chi connectivity index (χ3v) is 4.82. The number of nitrogens with zero attached hydrogens (tertiary/aromatic N) is 2. The summed E-state index contributed by atoms with van der Waals surface area (Å²) in [7, 11) is 7.23. The van der Waals surface area contributed by atoms with Gasteiger partial charge in [0.2, 0.25) is 0 Å². The lowest BCUT2D eigenvalue weighted by Crippen LogP contribution is -2.29. The number of rotatable bonds is 8. The van der Waals surface area contributed by atoms with Gasteiger partial charge in [0.1, 0.15) is 19.5 Å². The van der Waals surface area contributed by atoms with E-state index in [0.717, 1.165) is 22.0 Å². The molecule has 8 heteroatoms. The van der Waals surface area contributed by atoms with Crippen LogP contribution in [0.25, 0.3) is 0 Å². The second-order valence-corrected chi connectivity index (χ2v) is 6.80. The fourth-order valence-electron chi connectivity index (χ4n) is 2.88. The van der Waals surface area contributed by atoms with E-state index in [-0.39, 0.29) is 18.2 Å². The van der Waals surface area contributed by atoms with Gasteiger partial charge in [-0.3, -0.25) is 4.79 Å². The van der Waals surface area contributed by atoms with E-state index in [1.165, 1.54) is 7.11 Å². The molecule has 2 rings (SSSR count). The van der Waals surface area contributed by atoms with Crippen LogP contribution in [0.15, 0.2) is 46.7 Å². The highest BCUT2D eigenvalue weighted by molar-refractivity contribution is 7.27. The Morgan fingerprint density at radius 1 is 1.14 bits per heavy atom. The van der Waals surface area contributed by atoms with Gasteiger partial charge in [0.05, 0.1) is 12.8 Å². The number of amides is 1. The van der Waals surface area contributed by atoms with Crippen LogP contribution in [0, 0.1) is 6.92 Å². The van der Waals surface area contributed by atoms with E-state index in [0.29, 0.717) is 17.0 Å². The molecular formula is C21H26N3O4P. The molecule has 1 amide bonds. The first-order chi connectivity index (χ1) is 13.9. The summed E-state index contributed by atoms with van der Waals surface area (Å²) in [6.07, 6.45) is 0. The molecule has 0 saturated heterocycles. The normalized spacial score (nSPS) is 11.8. The first kappa shape index (κ1) is 22.4. The van der Waals surface area contributed by atoms with Crippen LogP contribution < -0.4 is 15.4 Å². The lowest BCUT2D eigenvalue weighted by molar-refractivity contribution is -0.114. The van der Waals surface area contributed by atoms with Crippen LogP contribution in [0.3, 0.4) is 0 Å². The van der Waals surface area contributed by atoms with E-state index in [9.17, 15) is 4.79 Å². The Bertz CT molecular complexity index is 942. The number of aryl methyl sites for hydroxylation is 1. The van der Waals surface area contributed by atoms with Gasteiger partial charge >= 0.3 is 0 Å². The monoisotopic (exact) mass is 415 g/mol. The molecule has 0 bridgehead atoms. The van der Waals surface area contributed by atoms with Crippen LogP contribution in [0.4, 0.5) is 0 Å². The molecule has 0 aliphatic rings. The molecule has 0 saturated carbocycles. The van der Waals surface area contributed by atoms with Gasteiger partial charge in [-0.1, -0.05) is 40.6 Å². The molecule has 0 heterocycles. The fourth-order valence-corrected chi connectivity index (χ4v) is 3.35. The molecule has 0 aliphatic heterocycles. The quantitative estimate of drug-likeness (QED) is 0.408. The minimum Gasteiger partial charge on any atom is -0.496 e. The number of likely N-dealkylation sites (N-methyl/N-ethyl adjacent to an activating group) is 1. The highest BCUT2D eigenvalue weighted by Crippen LogP contribution is 2.20. The second kappa shape index (κ2) is 10.6. The van der Waals surface area contributed by atoms with Crippen molar-refractivity contribution in [2.24, 2.45) is 10.3 Å². The van der Waals surface area contributed by atoms with Gasteiger partial charge in [-0.2, -0.15) is 0 Å². The number of benzene rings is 2. The Morgan fingerprint density at radius 3 is 2.52 bits per heavy atom. The minimum absolute atomic E-state index is 0.167. The smallest absolute Gasteiger partial charge is 0.273 e. The van der Waals surface area contributed by atoms with Crippen LogP contribution in [-0.4, -0.2) is 38.6 Å².